The summed E-state index contributed by atoms with van der Waals surface area (Å²) in [5, 5.41) is 11.5. The van der Waals surface area contributed by atoms with Crippen LogP contribution in [-0.4, -0.2) is 23.5 Å². The van der Waals surface area contributed by atoms with Gasteiger partial charge in [0.05, 0.1) is 0 Å². The van der Waals surface area contributed by atoms with Crippen molar-refractivity contribution in [3.05, 3.63) is 65.7 Å². The number of fused-ring (bicyclic) bond motifs is 2. The van der Waals surface area contributed by atoms with Crippen molar-refractivity contribution in [1.29, 1.82) is 0 Å². The highest BCUT2D eigenvalue weighted by Gasteiger charge is 2.21. The molecule has 0 saturated carbocycles. The maximum absolute atomic E-state index is 12.3. The van der Waals surface area contributed by atoms with Crippen LogP contribution < -0.4 is 10.1 Å². The lowest BCUT2D eigenvalue weighted by molar-refractivity contribution is -0.137. The molecule has 3 rings (SSSR count). The van der Waals surface area contributed by atoms with Crippen molar-refractivity contribution in [2.24, 2.45) is 0 Å². The highest BCUT2D eigenvalue weighted by Crippen LogP contribution is 2.42. The largest absolute Gasteiger partial charge is 0.481 e. The highest BCUT2D eigenvalue weighted by molar-refractivity contribution is 6.01. The molecule has 5 heteroatoms. The number of carboxylic acids is 1. The number of ether oxygens (including phenoxy) is 1. The first-order valence-corrected chi connectivity index (χ1v) is 8.73. The summed E-state index contributed by atoms with van der Waals surface area (Å²) >= 11 is 0. The molecule has 0 atom stereocenters. The van der Waals surface area contributed by atoms with Gasteiger partial charge in [0.1, 0.15) is 11.5 Å². The Bertz CT molecular complexity index is 794. The maximum Gasteiger partial charge on any atom is 0.303 e. The van der Waals surface area contributed by atoms with Crippen molar-refractivity contribution in [2.75, 3.05) is 6.54 Å². The molecule has 0 unspecified atom stereocenters. The molecule has 1 aliphatic heterocycles. The predicted molar refractivity (Wildman–Crippen MR) is 99.2 cm³/mol. The first-order chi connectivity index (χ1) is 12.6. The van der Waals surface area contributed by atoms with Gasteiger partial charge in [0.15, 0.2) is 0 Å². The number of unbranched alkanes of at least 4 members (excludes halogenated alkanes) is 2. The molecular formula is C21H21NO4. The predicted octanol–water partition coefficient (Wildman–Crippen LogP) is 3.99. The van der Waals surface area contributed by atoms with Crippen LogP contribution in [0.25, 0.3) is 5.57 Å². The summed E-state index contributed by atoms with van der Waals surface area (Å²) in [6.45, 7) is 0.530. The standard InChI is InChI=1S/C21H21NO4/c23-20(22-13-7-1-2-12-21(24)25)14-17-15-8-3-5-10-18(15)26-19-11-6-4-9-16(17)19/h3-6,8-11,14H,1-2,7,12-13H2,(H,22,23)(H,24,25). The van der Waals surface area contributed by atoms with Gasteiger partial charge < -0.3 is 15.2 Å². The second-order valence-electron chi connectivity index (χ2n) is 6.15. The number of carboxylic acid groups (broad SMARTS) is 1. The lowest BCUT2D eigenvalue weighted by atomic mass is 9.93. The van der Waals surface area contributed by atoms with Crippen molar-refractivity contribution in [3.63, 3.8) is 0 Å². The van der Waals surface area contributed by atoms with E-state index in [0.717, 1.165) is 41.0 Å². The number of carbonyl (C=O) groups excluding carboxylic acids is 1. The van der Waals surface area contributed by atoms with Crippen LogP contribution in [0.15, 0.2) is 54.6 Å². The number of nitrogens with one attached hydrogen (secondary N) is 1. The molecule has 0 fully saturated rings. The third-order valence-electron chi connectivity index (χ3n) is 4.22. The fourth-order valence-corrected chi connectivity index (χ4v) is 2.95. The molecular weight excluding hydrogens is 330 g/mol. The average molecular weight is 351 g/mol. The number of hydrogen-bond donors (Lipinski definition) is 2. The lowest BCUT2D eigenvalue weighted by Gasteiger charge is -2.22. The van der Waals surface area contributed by atoms with Crippen LogP contribution in [0.3, 0.4) is 0 Å². The minimum absolute atomic E-state index is 0.162. The lowest BCUT2D eigenvalue weighted by Crippen LogP contribution is -2.23. The summed E-state index contributed by atoms with van der Waals surface area (Å²) < 4.78 is 5.91. The van der Waals surface area contributed by atoms with E-state index < -0.39 is 5.97 Å². The van der Waals surface area contributed by atoms with E-state index in [1.54, 1.807) is 6.08 Å². The average Bonchev–Trinajstić information content (AvgIpc) is 2.64. The molecule has 0 radical (unpaired) electrons. The number of para-hydroxylation sites is 2. The van der Waals surface area contributed by atoms with Crippen LogP contribution in [0.1, 0.15) is 36.8 Å². The fraction of sp³-hybridized carbons (Fsp3) is 0.238. The molecule has 26 heavy (non-hydrogen) atoms. The smallest absolute Gasteiger partial charge is 0.303 e. The number of amides is 1. The second kappa shape index (κ2) is 8.34. The van der Waals surface area contributed by atoms with E-state index in [9.17, 15) is 9.59 Å². The van der Waals surface area contributed by atoms with Crippen molar-refractivity contribution in [3.8, 4) is 11.5 Å². The zero-order valence-electron chi connectivity index (χ0n) is 14.4. The summed E-state index contributed by atoms with van der Waals surface area (Å²) in [6.07, 6.45) is 3.95. The van der Waals surface area contributed by atoms with Gasteiger partial charge in [-0.3, -0.25) is 9.59 Å². The number of hydrogen-bond acceptors (Lipinski definition) is 3. The summed E-state index contributed by atoms with van der Waals surface area (Å²) in [6, 6.07) is 15.3. The molecule has 2 N–H and O–H groups in total. The third-order valence-corrected chi connectivity index (χ3v) is 4.22. The molecule has 1 heterocycles. The molecule has 1 aliphatic rings. The Labute approximate surface area is 152 Å². The second-order valence-corrected chi connectivity index (χ2v) is 6.15. The molecule has 1 amide bonds. The van der Waals surface area contributed by atoms with Crippen molar-refractivity contribution in [2.45, 2.75) is 25.7 Å². The monoisotopic (exact) mass is 351 g/mol. The Balaban J connectivity index is 1.68. The van der Waals surface area contributed by atoms with E-state index in [1.165, 1.54) is 0 Å². The van der Waals surface area contributed by atoms with Gasteiger partial charge in [0.25, 0.3) is 0 Å². The molecule has 0 spiro atoms. The first kappa shape index (κ1) is 17.7. The molecule has 0 aromatic heterocycles. The molecule has 2 aromatic rings. The van der Waals surface area contributed by atoms with Crippen molar-refractivity contribution in [1.82, 2.24) is 5.32 Å². The van der Waals surface area contributed by atoms with Crippen LogP contribution in [-0.2, 0) is 9.59 Å². The first-order valence-electron chi connectivity index (χ1n) is 8.73. The topological polar surface area (TPSA) is 75.6 Å². The van der Waals surface area contributed by atoms with Crippen molar-refractivity contribution >= 4 is 17.4 Å². The Kier molecular flexibility index (Phi) is 5.69. The van der Waals surface area contributed by atoms with E-state index in [4.69, 9.17) is 9.84 Å². The van der Waals surface area contributed by atoms with Gasteiger partial charge >= 0.3 is 5.97 Å². The van der Waals surface area contributed by atoms with E-state index in [-0.39, 0.29) is 12.3 Å². The normalized spacial score (nSPS) is 11.8. The Morgan fingerprint density at radius 1 is 0.923 bits per heavy atom. The third kappa shape index (κ3) is 4.30. The number of rotatable bonds is 7. The quantitative estimate of drug-likeness (QED) is 0.499. The number of aliphatic carboxylic acids is 1. The van der Waals surface area contributed by atoms with Gasteiger partial charge in [-0.1, -0.05) is 42.8 Å². The maximum atomic E-state index is 12.3. The molecule has 5 nitrogen and oxygen atoms in total. The van der Waals surface area contributed by atoms with Crippen LogP contribution in [0.4, 0.5) is 0 Å². The zero-order valence-corrected chi connectivity index (χ0v) is 14.4. The van der Waals surface area contributed by atoms with E-state index in [0.29, 0.717) is 13.0 Å². The Hall–Kier alpha value is -3.08. The van der Waals surface area contributed by atoms with Crippen LogP contribution in [0.5, 0.6) is 11.5 Å². The summed E-state index contributed by atoms with van der Waals surface area (Å²) in [7, 11) is 0. The highest BCUT2D eigenvalue weighted by atomic mass is 16.5. The van der Waals surface area contributed by atoms with E-state index in [1.807, 2.05) is 48.5 Å². The van der Waals surface area contributed by atoms with Crippen LogP contribution >= 0.6 is 0 Å². The fourth-order valence-electron chi connectivity index (χ4n) is 2.95. The summed E-state index contributed by atoms with van der Waals surface area (Å²) in [5.41, 5.74) is 2.62. The zero-order chi connectivity index (χ0) is 18.4. The minimum Gasteiger partial charge on any atom is -0.481 e. The SMILES string of the molecule is O=C(O)CCCCCNC(=O)C=C1c2ccccc2Oc2ccccc21. The van der Waals surface area contributed by atoms with E-state index in [2.05, 4.69) is 5.32 Å². The van der Waals surface area contributed by atoms with Gasteiger partial charge in [-0.15, -0.1) is 0 Å². The molecule has 0 saturated heterocycles. The molecule has 2 aromatic carbocycles. The van der Waals surface area contributed by atoms with Gasteiger partial charge in [0, 0.05) is 35.7 Å². The molecule has 134 valence electrons. The summed E-state index contributed by atoms with van der Waals surface area (Å²) in [4.78, 5) is 22.8. The molecule has 0 bridgehead atoms. The van der Waals surface area contributed by atoms with Gasteiger partial charge in [-0.05, 0) is 25.0 Å². The van der Waals surface area contributed by atoms with Crippen molar-refractivity contribution < 1.29 is 19.4 Å². The van der Waals surface area contributed by atoms with Gasteiger partial charge in [0.2, 0.25) is 5.91 Å². The molecule has 0 aliphatic carbocycles. The van der Waals surface area contributed by atoms with Crippen LogP contribution in [0.2, 0.25) is 0 Å². The van der Waals surface area contributed by atoms with Gasteiger partial charge in [-0.2, -0.15) is 0 Å². The Morgan fingerprint density at radius 3 is 2.15 bits per heavy atom. The minimum atomic E-state index is -0.782. The number of benzene rings is 2. The van der Waals surface area contributed by atoms with E-state index >= 15 is 0 Å². The summed E-state index contributed by atoms with van der Waals surface area (Å²) in [5.74, 6) is 0.526. The van der Waals surface area contributed by atoms with Crippen LogP contribution in [0, 0.1) is 0 Å². The number of carbonyl (C=O) groups is 2. The van der Waals surface area contributed by atoms with Gasteiger partial charge in [-0.25, -0.2) is 0 Å². The Morgan fingerprint density at radius 2 is 1.54 bits per heavy atom.